The number of H-pyrrole nitrogens is 1. The van der Waals surface area contributed by atoms with Gasteiger partial charge in [0.2, 0.25) is 0 Å². The van der Waals surface area contributed by atoms with Gasteiger partial charge in [-0.2, -0.15) is 10.6 Å². The second kappa shape index (κ2) is 9.50. The van der Waals surface area contributed by atoms with E-state index in [1.807, 2.05) is 32.2 Å². The summed E-state index contributed by atoms with van der Waals surface area (Å²) in [7, 11) is 5.27. The van der Waals surface area contributed by atoms with Crippen LogP contribution in [0.4, 0.5) is 5.69 Å². The number of aromatic amines is 1. The molecule has 0 aliphatic heterocycles. The van der Waals surface area contributed by atoms with Crippen molar-refractivity contribution in [2.24, 2.45) is 4.99 Å². The SMILES string of the molecule is C=C/C(=C\C(=C/C)c1cc([NH2+]OC)cc(C(=NC)NC)c1)c1ccn[nH]1. The van der Waals surface area contributed by atoms with Gasteiger partial charge in [0.25, 0.3) is 0 Å². The van der Waals surface area contributed by atoms with Crippen molar-refractivity contribution in [3.63, 3.8) is 0 Å². The molecule has 0 radical (unpaired) electrons. The number of nitrogens with one attached hydrogen (secondary N) is 2. The maximum atomic E-state index is 5.21. The quantitative estimate of drug-likeness (QED) is 0.235. The fourth-order valence-corrected chi connectivity index (χ4v) is 2.71. The first kappa shape index (κ1) is 19.4. The summed E-state index contributed by atoms with van der Waals surface area (Å²) in [6.45, 7) is 5.93. The van der Waals surface area contributed by atoms with E-state index in [9.17, 15) is 0 Å². The average Bonchev–Trinajstić information content (AvgIpc) is 3.18. The highest BCUT2D eigenvalue weighted by Crippen LogP contribution is 2.25. The summed E-state index contributed by atoms with van der Waals surface area (Å²) in [5, 5.41) is 10.1. The number of rotatable bonds is 7. The summed E-state index contributed by atoms with van der Waals surface area (Å²) in [5.41, 5.74) is 7.69. The standard InChI is InChI=1S/C20H25N5O/c1-6-14(10-15(7-2)19-8-9-23-24-19)16-11-17(20(21-3)22-4)13-18(12-16)25-26-5/h6-13,25H,2H2,1,3-5H3,(H,21,22)(H,23,24)/p+1/b14-6+,15-10+. The smallest absolute Gasteiger partial charge is 0.163 e. The van der Waals surface area contributed by atoms with Crippen LogP contribution in [-0.4, -0.2) is 37.2 Å². The largest absolute Gasteiger partial charge is 0.373 e. The topological polar surface area (TPSA) is 78.9 Å². The van der Waals surface area contributed by atoms with Gasteiger partial charge in [-0.25, -0.2) is 4.84 Å². The molecule has 1 aromatic heterocycles. The Bertz CT molecular complexity index is 832. The molecule has 0 atom stereocenters. The van der Waals surface area contributed by atoms with Gasteiger partial charge in [0.05, 0.1) is 12.8 Å². The summed E-state index contributed by atoms with van der Waals surface area (Å²) >= 11 is 0. The molecule has 0 amide bonds. The fraction of sp³-hybridized carbons (Fsp3) is 0.200. The lowest BCUT2D eigenvalue weighted by Crippen LogP contribution is -2.76. The second-order valence-electron chi connectivity index (χ2n) is 5.54. The first-order chi connectivity index (χ1) is 12.7. The van der Waals surface area contributed by atoms with Gasteiger partial charge in [-0.15, -0.1) is 0 Å². The molecular formula is C20H26N5O+. The van der Waals surface area contributed by atoms with Gasteiger partial charge in [0.15, 0.2) is 5.69 Å². The summed E-state index contributed by atoms with van der Waals surface area (Å²) in [5.74, 6) is 0.814. The third kappa shape index (κ3) is 4.56. The third-order valence-corrected chi connectivity index (χ3v) is 3.93. The third-order valence-electron chi connectivity index (χ3n) is 3.93. The van der Waals surface area contributed by atoms with E-state index in [1.54, 1.807) is 25.8 Å². The number of benzene rings is 1. The maximum Gasteiger partial charge on any atom is 0.163 e. The number of hydrogen-bond acceptors (Lipinski definition) is 3. The molecule has 0 aliphatic rings. The molecule has 4 N–H and O–H groups in total. The van der Waals surface area contributed by atoms with E-state index < -0.39 is 0 Å². The van der Waals surface area contributed by atoms with Crippen molar-refractivity contribution < 1.29 is 10.3 Å². The summed E-state index contributed by atoms with van der Waals surface area (Å²) in [6.07, 6.45) is 7.69. The monoisotopic (exact) mass is 352 g/mol. The number of aliphatic imine (C=N–C) groups is 1. The van der Waals surface area contributed by atoms with Gasteiger partial charge in [0, 0.05) is 38.0 Å². The number of nitrogens with two attached hydrogens (primary N) is 1. The van der Waals surface area contributed by atoms with Gasteiger partial charge in [-0.1, -0.05) is 18.7 Å². The van der Waals surface area contributed by atoms with Crippen LogP contribution in [-0.2, 0) is 4.84 Å². The predicted octanol–water partition coefficient (Wildman–Crippen LogP) is 2.43. The zero-order valence-corrected chi connectivity index (χ0v) is 15.7. The molecule has 2 rings (SSSR count). The van der Waals surface area contributed by atoms with E-state index in [-0.39, 0.29) is 0 Å². The molecule has 2 aromatic rings. The molecule has 6 heteroatoms. The van der Waals surface area contributed by atoms with Crippen LogP contribution in [0.2, 0.25) is 0 Å². The van der Waals surface area contributed by atoms with Crippen LogP contribution in [0.15, 0.2) is 60.3 Å². The molecule has 0 saturated carbocycles. The van der Waals surface area contributed by atoms with E-state index in [1.165, 1.54) is 0 Å². The zero-order valence-electron chi connectivity index (χ0n) is 15.7. The first-order valence-electron chi connectivity index (χ1n) is 8.33. The van der Waals surface area contributed by atoms with Crippen LogP contribution < -0.4 is 10.8 Å². The molecule has 0 bridgehead atoms. The Morgan fingerprint density at radius 3 is 2.62 bits per heavy atom. The Kier molecular flexibility index (Phi) is 7.08. The van der Waals surface area contributed by atoms with Gasteiger partial charge >= 0.3 is 0 Å². The van der Waals surface area contributed by atoms with E-state index >= 15 is 0 Å². The van der Waals surface area contributed by atoms with Crippen molar-refractivity contribution in [2.45, 2.75) is 6.92 Å². The van der Waals surface area contributed by atoms with Crippen LogP contribution in [0.1, 0.15) is 23.7 Å². The Morgan fingerprint density at radius 2 is 2.08 bits per heavy atom. The number of allylic oxidation sites excluding steroid dienone is 5. The molecule has 1 aromatic carbocycles. The normalized spacial score (nSPS) is 13.0. The van der Waals surface area contributed by atoms with Crippen molar-refractivity contribution in [1.29, 1.82) is 0 Å². The molecule has 1 heterocycles. The molecular weight excluding hydrogens is 326 g/mol. The molecule has 0 unspecified atom stereocenters. The number of aromatic nitrogens is 2. The van der Waals surface area contributed by atoms with E-state index in [0.717, 1.165) is 39.5 Å². The molecule has 0 aliphatic carbocycles. The van der Waals surface area contributed by atoms with Gasteiger partial charge in [-0.3, -0.25) is 10.1 Å². The Labute approximate surface area is 154 Å². The van der Waals surface area contributed by atoms with Crippen molar-refractivity contribution in [1.82, 2.24) is 15.5 Å². The predicted molar refractivity (Wildman–Crippen MR) is 107 cm³/mol. The second-order valence-corrected chi connectivity index (χ2v) is 5.54. The lowest BCUT2D eigenvalue weighted by atomic mass is 9.98. The van der Waals surface area contributed by atoms with Crippen molar-refractivity contribution >= 4 is 22.7 Å². The van der Waals surface area contributed by atoms with Gasteiger partial charge in [-0.05, 0) is 41.8 Å². The van der Waals surface area contributed by atoms with Crippen LogP contribution in [0.25, 0.3) is 11.1 Å². The van der Waals surface area contributed by atoms with Crippen LogP contribution >= 0.6 is 0 Å². The molecule has 0 saturated heterocycles. The number of hydrogen-bond donors (Lipinski definition) is 3. The fourth-order valence-electron chi connectivity index (χ4n) is 2.71. The Hall–Kier alpha value is -2.96. The highest BCUT2D eigenvalue weighted by atomic mass is 16.6. The summed E-state index contributed by atoms with van der Waals surface area (Å²) in [4.78, 5) is 9.52. The molecule has 6 nitrogen and oxygen atoms in total. The van der Waals surface area contributed by atoms with Crippen LogP contribution in [0.5, 0.6) is 0 Å². The average molecular weight is 352 g/mol. The highest BCUT2D eigenvalue weighted by Gasteiger charge is 2.11. The maximum absolute atomic E-state index is 5.21. The van der Waals surface area contributed by atoms with Crippen molar-refractivity contribution in [3.05, 3.63) is 72.1 Å². The number of quaternary nitrogens is 1. The van der Waals surface area contributed by atoms with Crippen molar-refractivity contribution in [2.75, 3.05) is 21.2 Å². The summed E-state index contributed by atoms with van der Waals surface area (Å²) < 4.78 is 0. The lowest BCUT2D eigenvalue weighted by Gasteiger charge is -2.11. The number of nitrogens with zero attached hydrogens (tertiary/aromatic N) is 2. The van der Waals surface area contributed by atoms with Crippen molar-refractivity contribution in [3.8, 4) is 0 Å². The van der Waals surface area contributed by atoms with Crippen LogP contribution in [0.3, 0.4) is 0 Å². The molecule has 136 valence electrons. The minimum absolute atomic E-state index is 0.814. The Morgan fingerprint density at radius 1 is 1.31 bits per heavy atom. The molecule has 0 spiro atoms. The summed E-state index contributed by atoms with van der Waals surface area (Å²) in [6, 6.07) is 8.14. The lowest BCUT2D eigenvalue weighted by molar-refractivity contribution is -0.830. The molecule has 0 fully saturated rings. The minimum Gasteiger partial charge on any atom is -0.373 e. The van der Waals surface area contributed by atoms with E-state index in [2.05, 4.69) is 51.4 Å². The number of amidine groups is 1. The zero-order chi connectivity index (χ0) is 18.9. The first-order valence-corrected chi connectivity index (χ1v) is 8.33. The van der Waals surface area contributed by atoms with Gasteiger partial charge < -0.3 is 5.32 Å². The van der Waals surface area contributed by atoms with Crippen LogP contribution in [0, 0.1) is 0 Å². The van der Waals surface area contributed by atoms with Gasteiger partial charge in [0.1, 0.15) is 5.84 Å². The molecule has 26 heavy (non-hydrogen) atoms. The highest BCUT2D eigenvalue weighted by molar-refractivity contribution is 6.00. The van der Waals surface area contributed by atoms with E-state index in [4.69, 9.17) is 4.84 Å². The minimum atomic E-state index is 0.814. The Balaban J connectivity index is 2.54. The van der Waals surface area contributed by atoms with E-state index in [0.29, 0.717) is 0 Å².